The Balaban J connectivity index is 2.14. The first-order valence-electron chi connectivity index (χ1n) is 5.95. The van der Waals surface area contributed by atoms with Crippen molar-refractivity contribution in [3.05, 3.63) is 49.3 Å². The molecule has 0 aliphatic heterocycles. The van der Waals surface area contributed by atoms with Crippen molar-refractivity contribution in [2.24, 2.45) is 0 Å². The Morgan fingerprint density at radius 2 is 2.39 bits per heavy atom. The van der Waals surface area contributed by atoms with Gasteiger partial charge in [0.15, 0.2) is 0 Å². The Labute approximate surface area is 107 Å². The molecular formula is C14H17N3O. The summed E-state index contributed by atoms with van der Waals surface area (Å²) in [5.41, 5.74) is 0.956. The summed E-state index contributed by atoms with van der Waals surface area (Å²) >= 11 is 0. The number of hydrogen-bond donors (Lipinski definition) is 1. The molecule has 0 fully saturated rings. The van der Waals surface area contributed by atoms with Gasteiger partial charge in [0, 0.05) is 30.7 Å². The number of nitrogens with one attached hydrogen (secondary N) is 1. The van der Waals surface area contributed by atoms with Gasteiger partial charge < -0.3 is 14.6 Å². The Morgan fingerprint density at radius 1 is 1.50 bits per heavy atom. The van der Waals surface area contributed by atoms with Gasteiger partial charge in [-0.05, 0) is 19.1 Å². The van der Waals surface area contributed by atoms with Crippen LogP contribution in [0.2, 0.25) is 0 Å². The number of benzene rings is 1. The molecule has 0 saturated heterocycles. The minimum Gasteiger partial charge on any atom is -0.494 e. The number of rotatable bonds is 6. The molecule has 0 aliphatic rings. The molecule has 0 spiro atoms. The maximum Gasteiger partial charge on any atom is 0.207 e. The number of aromatic nitrogens is 2. The Hall–Kier alpha value is -2.23. The fourth-order valence-corrected chi connectivity index (χ4v) is 1.68. The van der Waals surface area contributed by atoms with Crippen LogP contribution in [0.1, 0.15) is 6.92 Å². The average Bonchev–Trinajstić information content (AvgIpc) is 2.78. The van der Waals surface area contributed by atoms with Gasteiger partial charge in [-0.3, -0.25) is 0 Å². The maximum atomic E-state index is 5.46. The molecule has 0 atom stereocenters. The summed E-state index contributed by atoms with van der Waals surface area (Å²) in [6, 6.07) is 7.82. The Morgan fingerprint density at radius 3 is 3.17 bits per heavy atom. The van der Waals surface area contributed by atoms with Gasteiger partial charge in [0.2, 0.25) is 5.95 Å². The molecule has 0 bridgehead atoms. The lowest BCUT2D eigenvalue weighted by Gasteiger charge is -2.09. The first-order valence-corrected chi connectivity index (χ1v) is 5.95. The van der Waals surface area contributed by atoms with E-state index in [0.29, 0.717) is 6.61 Å². The van der Waals surface area contributed by atoms with E-state index in [1.165, 1.54) is 0 Å². The highest BCUT2D eigenvalue weighted by molar-refractivity contribution is 5.56. The van der Waals surface area contributed by atoms with Crippen molar-refractivity contribution < 1.29 is 4.74 Å². The molecule has 2 rings (SSSR count). The van der Waals surface area contributed by atoms with Crippen molar-refractivity contribution in [2.75, 3.05) is 11.9 Å². The highest BCUT2D eigenvalue weighted by atomic mass is 16.5. The second kappa shape index (κ2) is 5.91. The molecule has 0 amide bonds. The van der Waals surface area contributed by atoms with E-state index >= 15 is 0 Å². The van der Waals surface area contributed by atoms with Crippen molar-refractivity contribution in [1.29, 1.82) is 0 Å². The topological polar surface area (TPSA) is 39.1 Å². The maximum absolute atomic E-state index is 5.46. The molecule has 1 N–H and O–H groups in total. The Kier molecular flexibility index (Phi) is 4.02. The smallest absolute Gasteiger partial charge is 0.207 e. The Bertz CT molecular complexity index is 519. The summed E-state index contributed by atoms with van der Waals surface area (Å²) in [6.45, 7) is 7.09. The van der Waals surface area contributed by atoms with Gasteiger partial charge in [0.1, 0.15) is 5.75 Å². The lowest BCUT2D eigenvalue weighted by molar-refractivity contribution is 0.340. The number of nitrogens with zero attached hydrogens (tertiary/aromatic N) is 2. The molecule has 1 aromatic carbocycles. The molecule has 0 unspecified atom stereocenters. The van der Waals surface area contributed by atoms with Crippen molar-refractivity contribution in [1.82, 2.24) is 9.55 Å². The zero-order valence-electron chi connectivity index (χ0n) is 10.5. The van der Waals surface area contributed by atoms with E-state index in [-0.39, 0.29) is 0 Å². The van der Waals surface area contributed by atoms with Gasteiger partial charge in [-0.25, -0.2) is 4.98 Å². The summed E-state index contributed by atoms with van der Waals surface area (Å²) in [5.74, 6) is 1.65. The van der Waals surface area contributed by atoms with Crippen LogP contribution in [0.15, 0.2) is 49.3 Å². The zero-order valence-corrected chi connectivity index (χ0v) is 10.5. The highest BCUT2D eigenvalue weighted by Gasteiger charge is 2.02. The third-order valence-electron chi connectivity index (χ3n) is 2.44. The molecule has 4 heteroatoms. The summed E-state index contributed by atoms with van der Waals surface area (Å²) in [4.78, 5) is 4.27. The second-order valence-electron chi connectivity index (χ2n) is 3.78. The van der Waals surface area contributed by atoms with E-state index in [0.717, 1.165) is 23.9 Å². The lowest BCUT2D eigenvalue weighted by Crippen LogP contribution is -2.02. The number of allylic oxidation sites excluding steroid dienone is 1. The minimum atomic E-state index is 0.661. The molecule has 4 nitrogen and oxygen atoms in total. The summed E-state index contributed by atoms with van der Waals surface area (Å²) < 4.78 is 7.45. The largest absolute Gasteiger partial charge is 0.494 e. The quantitative estimate of drug-likeness (QED) is 0.792. The van der Waals surface area contributed by atoms with Crippen LogP contribution in [0.3, 0.4) is 0 Å². The molecule has 94 valence electrons. The summed E-state index contributed by atoms with van der Waals surface area (Å²) in [6.07, 6.45) is 5.51. The average molecular weight is 243 g/mol. The van der Waals surface area contributed by atoms with E-state index in [1.807, 2.05) is 48.0 Å². The molecule has 18 heavy (non-hydrogen) atoms. The van der Waals surface area contributed by atoms with Gasteiger partial charge in [-0.1, -0.05) is 12.1 Å². The van der Waals surface area contributed by atoms with Crippen LogP contribution in [-0.2, 0) is 6.54 Å². The van der Waals surface area contributed by atoms with Crippen LogP contribution in [0.4, 0.5) is 11.6 Å². The molecule has 1 heterocycles. The van der Waals surface area contributed by atoms with Crippen LogP contribution >= 0.6 is 0 Å². The fraction of sp³-hybridized carbons (Fsp3) is 0.214. The van der Waals surface area contributed by atoms with Crippen molar-refractivity contribution in [3.8, 4) is 5.75 Å². The SMILES string of the molecule is C=CCn1ccnc1Nc1cccc(OCC)c1. The molecule has 0 aliphatic carbocycles. The van der Waals surface area contributed by atoms with E-state index in [9.17, 15) is 0 Å². The van der Waals surface area contributed by atoms with Gasteiger partial charge in [0.25, 0.3) is 0 Å². The predicted molar refractivity (Wildman–Crippen MR) is 73.3 cm³/mol. The number of anilines is 2. The van der Waals surface area contributed by atoms with Crippen LogP contribution in [0.5, 0.6) is 5.75 Å². The van der Waals surface area contributed by atoms with Crippen molar-refractivity contribution >= 4 is 11.6 Å². The fourth-order valence-electron chi connectivity index (χ4n) is 1.68. The van der Waals surface area contributed by atoms with Crippen LogP contribution in [0, 0.1) is 0 Å². The number of imidazole rings is 1. The highest BCUT2D eigenvalue weighted by Crippen LogP contribution is 2.20. The molecule has 2 aromatic rings. The van der Waals surface area contributed by atoms with Crippen molar-refractivity contribution in [3.63, 3.8) is 0 Å². The van der Waals surface area contributed by atoms with Gasteiger partial charge >= 0.3 is 0 Å². The normalized spacial score (nSPS) is 10.1. The standard InChI is InChI=1S/C14H17N3O/c1-3-9-17-10-8-15-14(17)16-12-6-5-7-13(11-12)18-4-2/h3,5-8,10-11H,1,4,9H2,2H3,(H,15,16). The van der Waals surface area contributed by atoms with E-state index < -0.39 is 0 Å². The van der Waals surface area contributed by atoms with Gasteiger partial charge in [0.05, 0.1) is 6.61 Å². The zero-order chi connectivity index (χ0) is 12.8. The van der Waals surface area contributed by atoms with E-state index in [4.69, 9.17) is 4.74 Å². The van der Waals surface area contributed by atoms with Crippen LogP contribution in [0.25, 0.3) is 0 Å². The summed E-state index contributed by atoms with van der Waals surface area (Å²) in [7, 11) is 0. The number of ether oxygens (including phenoxy) is 1. The monoisotopic (exact) mass is 243 g/mol. The number of hydrogen-bond acceptors (Lipinski definition) is 3. The first-order chi connectivity index (χ1) is 8.83. The third-order valence-corrected chi connectivity index (χ3v) is 2.44. The minimum absolute atomic E-state index is 0.661. The first kappa shape index (κ1) is 12.2. The van der Waals surface area contributed by atoms with Gasteiger partial charge in [-0.15, -0.1) is 6.58 Å². The third kappa shape index (κ3) is 2.91. The van der Waals surface area contributed by atoms with Crippen molar-refractivity contribution in [2.45, 2.75) is 13.5 Å². The van der Waals surface area contributed by atoms with E-state index in [2.05, 4.69) is 16.9 Å². The molecule has 0 radical (unpaired) electrons. The predicted octanol–water partition coefficient (Wildman–Crippen LogP) is 3.21. The van der Waals surface area contributed by atoms with E-state index in [1.54, 1.807) is 6.20 Å². The molecule has 0 saturated carbocycles. The summed E-state index contributed by atoms with van der Waals surface area (Å²) in [5, 5.41) is 3.26. The second-order valence-corrected chi connectivity index (χ2v) is 3.78. The van der Waals surface area contributed by atoms with Crippen LogP contribution < -0.4 is 10.1 Å². The van der Waals surface area contributed by atoms with Gasteiger partial charge in [-0.2, -0.15) is 0 Å². The molecule has 1 aromatic heterocycles. The van der Waals surface area contributed by atoms with Crippen LogP contribution in [-0.4, -0.2) is 16.2 Å². The lowest BCUT2D eigenvalue weighted by atomic mass is 10.3. The molecular weight excluding hydrogens is 226 g/mol.